The van der Waals surface area contributed by atoms with Crippen LogP contribution in [0.5, 0.6) is 0 Å². The fourth-order valence-electron chi connectivity index (χ4n) is 7.79. The Morgan fingerprint density at radius 2 is 1.46 bits per heavy atom. The maximum absolute atomic E-state index is 2.63. The van der Waals surface area contributed by atoms with Crippen molar-refractivity contribution in [2.45, 2.75) is 39.2 Å². The lowest BCUT2D eigenvalue weighted by Gasteiger charge is -2.47. The van der Waals surface area contributed by atoms with Gasteiger partial charge in [0.1, 0.15) is 0 Å². The number of nitrogens with zero attached hydrogens (tertiary/aromatic N) is 2. The molecule has 0 spiro atoms. The van der Waals surface area contributed by atoms with Crippen molar-refractivity contribution in [1.29, 1.82) is 0 Å². The minimum absolute atomic E-state index is 0.0881. The summed E-state index contributed by atoms with van der Waals surface area (Å²) in [6.07, 6.45) is 13.8. The number of fused-ring (bicyclic) bond motifs is 5. The SMILES string of the molecule is Cc1ccc2ccccc2c1N(c1ccccc1)c1c(C(C)(C)C)ccc2c1BC1=CC=C3C=CC=CC3C1N2c1ccccc1. The van der Waals surface area contributed by atoms with Crippen LogP contribution in [0.3, 0.4) is 0 Å². The number of anilines is 5. The molecule has 0 saturated heterocycles. The van der Waals surface area contributed by atoms with Crippen molar-refractivity contribution >= 4 is 52.0 Å². The van der Waals surface area contributed by atoms with Gasteiger partial charge in [-0.05, 0) is 70.2 Å². The fourth-order valence-corrected chi connectivity index (χ4v) is 7.79. The monoisotopic (exact) mass is 594 g/mol. The number of hydrogen-bond donors (Lipinski definition) is 0. The van der Waals surface area contributed by atoms with Gasteiger partial charge in [-0.1, -0.05) is 142 Å². The first kappa shape index (κ1) is 28.5. The maximum Gasteiger partial charge on any atom is 0.195 e. The molecule has 224 valence electrons. The molecule has 1 heterocycles. The van der Waals surface area contributed by atoms with Gasteiger partial charge in [-0.15, -0.1) is 0 Å². The third-order valence-corrected chi connectivity index (χ3v) is 9.90. The highest BCUT2D eigenvalue weighted by molar-refractivity contribution is 6.66. The second-order valence-electron chi connectivity index (χ2n) is 13.8. The van der Waals surface area contributed by atoms with Crippen LogP contribution in [-0.4, -0.2) is 13.3 Å². The quantitative estimate of drug-likeness (QED) is 0.191. The van der Waals surface area contributed by atoms with Gasteiger partial charge in [0.25, 0.3) is 0 Å². The van der Waals surface area contributed by atoms with E-state index in [9.17, 15) is 0 Å². The molecular weight excluding hydrogens is 555 g/mol. The van der Waals surface area contributed by atoms with Crippen LogP contribution in [0.15, 0.2) is 157 Å². The molecule has 0 N–H and O–H groups in total. The predicted octanol–water partition coefficient (Wildman–Crippen LogP) is 10.1. The lowest BCUT2D eigenvalue weighted by molar-refractivity contribution is 0.590. The lowest BCUT2D eigenvalue weighted by Crippen LogP contribution is -2.51. The van der Waals surface area contributed by atoms with E-state index in [1.807, 2.05) is 0 Å². The highest BCUT2D eigenvalue weighted by atomic mass is 15.2. The van der Waals surface area contributed by atoms with Gasteiger partial charge in [0.05, 0.1) is 11.7 Å². The first-order chi connectivity index (χ1) is 22.4. The first-order valence-corrected chi connectivity index (χ1v) is 16.5. The summed E-state index contributed by atoms with van der Waals surface area (Å²) in [6.45, 7) is 9.32. The zero-order valence-corrected chi connectivity index (χ0v) is 27.1. The van der Waals surface area contributed by atoms with Crippen molar-refractivity contribution in [2.24, 2.45) is 5.92 Å². The molecule has 2 atom stereocenters. The van der Waals surface area contributed by atoms with Crippen LogP contribution in [0.2, 0.25) is 0 Å². The molecule has 3 heteroatoms. The Kier molecular flexibility index (Phi) is 6.87. The van der Waals surface area contributed by atoms with Crippen LogP contribution >= 0.6 is 0 Å². The zero-order chi connectivity index (χ0) is 31.4. The zero-order valence-electron chi connectivity index (χ0n) is 27.1. The van der Waals surface area contributed by atoms with Crippen LogP contribution in [0, 0.1) is 12.8 Å². The van der Waals surface area contributed by atoms with Gasteiger partial charge in [0.2, 0.25) is 0 Å². The molecule has 0 fully saturated rings. The molecule has 8 rings (SSSR count). The van der Waals surface area contributed by atoms with Crippen molar-refractivity contribution in [1.82, 2.24) is 0 Å². The largest absolute Gasteiger partial charge is 0.335 e. The van der Waals surface area contributed by atoms with Gasteiger partial charge in [0, 0.05) is 34.1 Å². The lowest BCUT2D eigenvalue weighted by atomic mass is 9.52. The summed E-state index contributed by atoms with van der Waals surface area (Å²) in [5, 5.41) is 2.52. The maximum atomic E-state index is 2.63. The van der Waals surface area contributed by atoms with Crippen LogP contribution < -0.4 is 15.3 Å². The molecule has 0 radical (unpaired) electrons. The summed E-state index contributed by atoms with van der Waals surface area (Å²) in [7, 11) is 0.896. The molecule has 0 amide bonds. The number of aryl methyl sites for hydroxylation is 1. The molecule has 46 heavy (non-hydrogen) atoms. The van der Waals surface area contributed by atoms with E-state index in [-0.39, 0.29) is 11.5 Å². The van der Waals surface area contributed by atoms with E-state index < -0.39 is 0 Å². The topological polar surface area (TPSA) is 6.48 Å². The van der Waals surface area contributed by atoms with Gasteiger partial charge < -0.3 is 9.80 Å². The highest BCUT2D eigenvalue weighted by Crippen LogP contribution is 2.49. The van der Waals surface area contributed by atoms with Gasteiger partial charge in [0.15, 0.2) is 7.28 Å². The number of benzene rings is 5. The van der Waals surface area contributed by atoms with Crippen molar-refractivity contribution in [3.8, 4) is 0 Å². The summed E-state index contributed by atoms with van der Waals surface area (Å²) < 4.78 is 0. The molecule has 0 aromatic heterocycles. The minimum atomic E-state index is -0.0881. The summed E-state index contributed by atoms with van der Waals surface area (Å²) in [4.78, 5) is 5.20. The normalized spacial score (nSPS) is 18.2. The molecule has 5 aromatic rings. The van der Waals surface area contributed by atoms with Crippen molar-refractivity contribution in [3.63, 3.8) is 0 Å². The number of rotatable bonds is 4. The van der Waals surface area contributed by atoms with Crippen molar-refractivity contribution < 1.29 is 0 Å². The Bertz CT molecular complexity index is 2080. The van der Waals surface area contributed by atoms with E-state index in [0.717, 1.165) is 7.28 Å². The van der Waals surface area contributed by atoms with E-state index in [0.29, 0.717) is 5.92 Å². The smallest absolute Gasteiger partial charge is 0.195 e. The van der Waals surface area contributed by atoms with E-state index in [4.69, 9.17) is 0 Å². The van der Waals surface area contributed by atoms with Crippen LogP contribution in [0.1, 0.15) is 31.9 Å². The van der Waals surface area contributed by atoms with E-state index >= 15 is 0 Å². The fraction of sp³-hybridized carbons (Fsp3) is 0.163. The average Bonchev–Trinajstić information content (AvgIpc) is 3.08. The number of para-hydroxylation sites is 2. The minimum Gasteiger partial charge on any atom is -0.335 e. The second-order valence-corrected chi connectivity index (χ2v) is 13.8. The molecular formula is C43H39BN2. The number of hydrogen-bond acceptors (Lipinski definition) is 2. The summed E-state index contributed by atoms with van der Waals surface area (Å²) in [5.41, 5.74) is 13.0. The van der Waals surface area contributed by atoms with E-state index in [2.05, 4.69) is 183 Å². The Morgan fingerprint density at radius 1 is 0.717 bits per heavy atom. The summed E-state index contributed by atoms with van der Waals surface area (Å²) >= 11 is 0. The van der Waals surface area contributed by atoms with Gasteiger partial charge in [-0.25, -0.2) is 0 Å². The van der Waals surface area contributed by atoms with Crippen molar-refractivity contribution in [2.75, 3.05) is 9.80 Å². The van der Waals surface area contributed by atoms with Gasteiger partial charge >= 0.3 is 0 Å². The van der Waals surface area contributed by atoms with E-state index in [1.165, 1.54) is 66.8 Å². The standard InChI is InChI=1S/C43H39BN2/c1-29-23-24-30-15-11-13-21-34(30)40(29)46(33-19-9-6-10-20-33)42-36(43(2,3)4)26-28-38-39(42)44-37-27-25-31-16-12-14-22-35(31)41(37)45(38)32-17-7-5-8-18-32/h5-28,35,41,44H,1-4H3. The van der Waals surface area contributed by atoms with Gasteiger partial charge in [-0.3, -0.25) is 0 Å². The van der Waals surface area contributed by atoms with E-state index in [1.54, 1.807) is 0 Å². The molecule has 2 aliphatic carbocycles. The van der Waals surface area contributed by atoms with Crippen LogP contribution in [-0.2, 0) is 5.41 Å². The predicted molar refractivity (Wildman–Crippen MR) is 199 cm³/mol. The van der Waals surface area contributed by atoms with Gasteiger partial charge in [-0.2, -0.15) is 0 Å². The third-order valence-electron chi connectivity index (χ3n) is 9.90. The molecule has 2 unspecified atom stereocenters. The summed E-state index contributed by atoms with van der Waals surface area (Å²) in [6, 6.07) is 40.4. The number of allylic oxidation sites excluding steroid dienone is 5. The Labute approximate surface area is 273 Å². The Morgan fingerprint density at radius 3 is 2.24 bits per heavy atom. The first-order valence-electron chi connectivity index (χ1n) is 16.5. The molecule has 5 aromatic carbocycles. The molecule has 2 nitrogen and oxygen atoms in total. The second kappa shape index (κ2) is 11.1. The summed E-state index contributed by atoms with van der Waals surface area (Å²) in [5.74, 6) is 0.301. The van der Waals surface area contributed by atoms with Crippen LogP contribution in [0.25, 0.3) is 10.8 Å². The molecule has 3 aliphatic rings. The van der Waals surface area contributed by atoms with Crippen molar-refractivity contribution in [3.05, 3.63) is 168 Å². The third kappa shape index (κ3) is 4.65. The molecule has 1 aliphatic heterocycles. The molecule has 0 bridgehead atoms. The van der Waals surface area contributed by atoms with Crippen LogP contribution in [0.4, 0.5) is 28.4 Å². The Balaban J connectivity index is 1.48. The highest BCUT2D eigenvalue weighted by Gasteiger charge is 2.41. The molecule has 0 saturated carbocycles. The average molecular weight is 595 g/mol. The Hall–Kier alpha value is -5.02.